The van der Waals surface area contributed by atoms with Gasteiger partial charge in [-0.3, -0.25) is 0 Å². The normalized spacial score (nSPS) is 51.9. The summed E-state index contributed by atoms with van der Waals surface area (Å²) < 4.78 is 2.43. The van der Waals surface area contributed by atoms with Crippen molar-refractivity contribution in [3.05, 3.63) is 0 Å². The zero-order chi connectivity index (χ0) is 7.19. The molecule has 2 fully saturated rings. The topological polar surface area (TPSA) is 0 Å². The zero-order valence-corrected chi connectivity index (χ0v) is 8.12. The SMILES string of the molecule is CC12CCC(CC1[CH]=[Ti+2])C2. The standard InChI is InChI=1S/C9H14.Ti/c1-7-5-8-3-4-9(7,2)6-8;/h1,7-8H,3-6H2,2H3;/q;+2. The van der Waals surface area contributed by atoms with Crippen molar-refractivity contribution in [1.29, 1.82) is 0 Å². The third-order valence-electron chi connectivity index (χ3n) is 3.56. The summed E-state index contributed by atoms with van der Waals surface area (Å²) in [6.45, 7) is 2.48. The van der Waals surface area contributed by atoms with E-state index in [4.69, 9.17) is 0 Å². The number of hydrogen-bond acceptors (Lipinski definition) is 0. The van der Waals surface area contributed by atoms with E-state index in [1.54, 1.807) is 0 Å². The van der Waals surface area contributed by atoms with Gasteiger partial charge in [-0.05, 0) is 0 Å². The van der Waals surface area contributed by atoms with Crippen molar-refractivity contribution in [1.82, 2.24) is 0 Å². The van der Waals surface area contributed by atoms with Crippen LogP contribution in [0.3, 0.4) is 0 Å². The molecular formula is C9H14Ti+2. The molecule has 0 spiro atoms. The third kappa shape index (κ3) is 0.888. The average Bonchev–Trinajstić information content (AvgIpc) is 2.41. The van der Waals surface area contributed by atoms with Crippen LogP contribution in [0.5, 0.6) is 0 Å². The third-order valence-corrected chi connectivity index (χ3v) is 4.19. The fourth-order valence-electron chi connectivity index (χ4n) is 2.85. The van der Waals surface area contributed by atoms with Crippen LogP contribution in [0.1, 0.15) is 32.6 Å². The van der Waals surface area contributed by atoms with E-state index >= 15 is 0 Å². The molecule has 0 saturated heterocycles. The van der Waals surface area contributed by atoms with E-state index in [1.807, 2.05) is 0 Å². The Bertz CT molecular complexity index is 164. The molecule has 0 aromatic rings. The van der Waals surface area contributed by atoms with Crippen molar-refractivity contribution in [2.24, 2.45) is 17.3 Å². The first-order valence-corrected chi connectivity index (χ1v) is 5.15. The Kier molecular flexibility index (Phi) is 1.65. The fraction of sp³-hybridized carbons (Fsp3) is 0.889. The molecule has 0 heterocycles. The molecule has 0 aliphatic heterocycles. The van der Waals surface area contributed by atoms with Crippen molar-refractivity contribution in [2.45, 2.75) is 32.6 Å². The molecule has 2 aliphatic rings. The molecule has 2 rings (SSSR count). The van der Waals surface area contributed by atoms with Crippen LogP contribution in [0.15, 0.2) is 0 Å². The van der Waals surface area contributed by atoms with E-state index in [2.05, 4.69) is 31.2 Å². The van der Waals surface area contributed by atoms with Crippen molar-refractivity contribution in [2.75, 3.05) is 0 Å². The molecule has 52 valence electrons. The summed E-state index contributed by atoms with van der Waals surface area (Å²) in [6, 6.07) is 0. The average molecular weight is 170 g/mol. The van der Waals surface area contributed by atoms with Crippen LogP contribution in [-0.4, -0.2) is 4.31 Å². The first-order chi connectivity index (χ1) is 4.74. The Morgan fingerprint density at radius 1 is 1.60 bits per heavy atom. The molecule has 3 atom stereocenters. The Morgan fingerprint density at radius 2 is 2.40 bits per heavy atom. The minimum absolute atomic E-state index is 0.722. The predicted octanol–water partition coefficient (Wildman–Crippen LogP) is 2.16. The van der Waals surface area contributed by atoms with Gasteiger partial charge in [-0.2, -0.15) is 0 Å². The van der Waals surface area contributed by atoms with Crippen molar-refractivity contribution < 1.29 is 20.0 Å². The van der Waals surface area contributed by atoms with Gasteiger partial charge in [0.1, 0.15) is 0 Å². The van der Waals surface area contributed by atoms with Gasteiger partial charge >= 0.3 is 74.1 Å². The molecule has 0 N–H and O–H groups in total. The summed E-state index contributed by atoms with van der Waals surface area (Å²) in [5.41, 5.74) is 0.722. The van der Waals surface area contributed by atoms with Crippen molar-refractivity contribution in [3.8, 4) is 0 Å². The number of fused-ring (bicyclic) bond motifs is 2. The second-order valence-corrected chi connectivity index (χ2v) is 4.79. The molecule has 2 bridgehead atoms. The molecular weight excluding hydrogens is 156 g/mol. The minimum atomic E-state index is 0.722. The summed E-state index contributed by atoms with van der Waals surface area (Å²) in [6.07, 6.45) is 6.02. The summed E-state index contributed by atoms with van der Waals surface area (Å²) in [7, 11) is 0. The Labute approximate surface area is 74.3 Å². The van der Waals surface area contributed by atoms with E-state index in [0.29, 0.717) is 0 Å². The van der Waals surface area contributed by atoms with Crippen LogP contribution in [0.25, 0.3) is 0 Å². The first-order valence-electron chi connectivity index (χ1n) is 4.25. The molecule has 10 heavy (non-hydrogen) atoms. The van der Waals surface area contributed by atoms with Gasteiger partial charge in [0.2, 0.25) is 0 Å². The van der Waals surface area contributed by atoms with Crippen LogP contribution >= 0.6 is 0 Å². The van der Waals surface area contributed by atoms with Gasteiger partial charge in [-0.25, -0.2) is 0 Å². The summed E-state index contributed by atoms with van der Waals surface area (Å²) in [5.74, 6) is 2.04. The molecule has 0 radical (unpaired) electrons. The Hall–Kier alpha value is 0.584. The molecule has 0 aromatic heterocycles. The fourth-order valence-corrected chi connectivity index (χ4v) is 3.69. The number of hydrogen-bond donors (Lipinski definition) is 0. The van der Waals surface area contributed by atoms with E-state index in [1.165, 1.54) is 25.7 Å². The van der Waals surface area contributed by atoms with Crippen LogP contribution in [0.4, 0.5) is 0 Å². The van der Waals surface area contributed by atoms with Gasteiger partial charge in [-0.15, -0.1) is 0 Å². The molecule has 0 aromatic carbocycles. The summed E-state index contributed by atoms with van der Waals surface area (Å²) >= 11 is 2.23. The Balaban J connectivity index is 2.21. The van der Waals surface area contributed by atoms with Crippen LogP contribution in [0, 0.1) is 17.3 Å². The quantitative estimate of drug-likeness (QED) is 0.529. The van der Waals surface area contributed by atoms with Gasteiger partial charge in [-0.1, -0.05) is 0 Å². The Morgan fingerprint density at radius 3 is 2.70 bits per heavy atom. The van der Waals surface area contributed by atoms with Crippen LogP contribution < -0.4 is 0 Å². The summed E-state index contributed by atoms with van der Waals surface area (Å²) in [5, 5.41) is 0. The molecule has 0 nitrogen and oxygen atoms in total. The molecule has 2 saturated carbocycles. The predicted molar refractivity (Wildman–Crippen MR) is 39.6 cm³/mol. The van der Waals surface area contributed by atoms with E-state index in [0.717, 1.165) is 17.3 Å². The molecule has 3 unspecified atom stereocenters. The van der Waals surface area contributed by atoms with Gasteiger partial charge in [0, 0.05) is 0 Å². The molecule has 0 amide bonds. The second kappa shape index (κ2) is 2.28. The van der Waals surface area contributed by atoms with Crippen molar-refractivity contribution in [3.63, 3.8) is 0 Å². The summed E-state index contributed by atoms with van der Waals surface area (Å²) in [4.78, 5) is 0. The molecule has 1 heteroatoms. The van der Waals surface area contributed by atoms with E-state index < -0.39 is 0 Å². The van der Waals surface area contributed by atoms with Gasteiger partial charge in [0.15, 0.2) is 0 Å². The van der Waals surface area contributed by atoms with Crippen molar-refractivity contribution >= 4 is 4.31 Å². The second-order valence-electron chi connectivity index (χ2n) is 4.27. The van der Waals surface area contributed by atoms with Crippen LogP contribution in [0.2, 0.25) is 0 Å². The zero-order valence-electron chi connectivity index (χ0n) is 6.56. The van der Waals surface area contributed by atoms with Crippen LogP contribution in [-0.2, 0) is 20.0 Å². The monoisotopic (exact) mass is 170 g/mol. The van der Waals surface area contributed by atoms with Gasteiger partial charge in [0.05, 0.1) is 0 Å². The number of rotatable bonds is 1. The van der Waals surface area contributed by atoms with E-state index in [-0.39, 0.29) is 0 Å². The first kappa shape index (κ1) is 7.25. The van der Waals surface area contributed by atoms with Gasteiger partial charge < -0.3 is 0 Å². The maximum atomic E-state index is 2.48. The van der Waals surface area contributed by atoms with E-state index in [9.17, 15) is 0 Å². The maximum absolute atomic E-state index is 2.48. The van der Waals surface area contributed by atoms with Gasteiger partial charge in [0.25, 0.3) is 0 Å². The molecule has 2 aliphatic carbocycles.